The van der Waals surface area contributed by atoms with Crippen molar-refractivity contribution >= 4 is 33.8 Å². The van der Waals surface area contributed by atoms with E-state index in [0.29, 0.717) is 6.07 Å². The topological polar surface area (TPSA) is 262 Å². The van der Waals surface area contributed by atoms with Gasteiger partial charge in [-0.3, -0.25) is 33.5 Å². The molecule has 0 aromatic heterocycles. The van der Waals surface area contributed by atoms with Gasteiger partial charge >= 0.3 is 35.0 Å². The predicted molar refractivity (Wildman–Crippen MR) is 132 cm³/mol. The van der Waals surface area contributed by atoms with E-state index in [1.54, 1.807) is 0 Å². The molecule has 0 aliphatic rings. The Labute approximate surface area is 238 Å². The van der Waals surface area contributed by atoms with Crippen molar-refractivity contribution < 1.29 is 80.2 Å². The van der Waals surface area contributed by atoms with E-state index in [-0.39, 0.29) is 28.1 Å². The summed E-state index contributed by atoms with van der Waals surface area (Å²) in [6.07, 6.45) is 0. The van der Waals surface area contributed by atoms with Crippen LogP contribution in [0, 0.1) is 0 Å². The summed E-state index contributed by atoms with van der Waals surface area (Å²) in [6, 6.07) is 4.19. The first-order valence-corrected chi connectivity index (χ1v) is 12.3. The Hall–Kier alpha value is -3.57. The molecule has 0 bridgehead atoms. The number of para-hydroxylation sites is 1. The quantitative estimate of drug-likeness (QED) is 0.117. The van der Waals surface area contributed by atoms with Crippen molar-refractivity contribution in [1.82, 2.24) is 9.80 Å². The molecule has 0 heterocycles. The van der Waals surface area contributed by atoms with E-state index < -0.39 is 94.0 Å². The van der Waals surface area contributed by atoms with E-state index in [4.69, 9.17) is 0 Å². The minimum Gasteiger partial charge on any atom is -0.508 e. The zero-order chi connectivity index (χ0) is 28.8. The van der Waals surface area contributed by atoms with Gasteiger partial charge < -0.3 is 31.0 Å². The van der Waals surface area contributed by atoms with Crippen molar-refractivity contribution in [2.45, 2.75) is 23.9 Å². The molecule has 2 aromatic rings. The summed E-state index contributed by atoms with van der Waals surface area (Å²) >= 11 is 0. The molecule has 0 amide bonds. The summed E-state index contributed by atoms with van der Waals surface area (Å²) in [5.41, 5.74) is -0.623. The third kappa shape index (κ3) is 9.56. The van der Waals surface area contributed by atoms with Crippen LogP contribution in [0.2, 0.25) is 0 Å². The van der Waals surface area contributed by atoms with Gasteiger partial charge in [-0.05, 0) is 31.2 Å². The molecular formula is C23H28MnN2O13S+2. The van der Waals surface area contributed by atoms with Gasteiger partial charge in [0.1, 0.15) is 29.4 Å². The second-order valence-corrected chi connectivity index (χ2v) is 9.69. The van der Waals surface area contributed by atoms with E-state index in [1.165, 1.54) is 24.3 Å². The number of Topliss-reactive ketones (excluding diaryl/α,β-unsaturated/α-hetero) is 1. The fraction of sp³-hybridized carbons (Fsp3) is 0.304. The second-order valence-electron chi connectivity index (χ2n) is 8.27. The normalized spacial score (nSPS) is 12.6. The molecule has 0 saturated heterocycles. The third-order valence-corrected chi connectivity index (χ3v) is 6.31. The number of benzene rings is 2. The average Bonchev–Trinajstić information content (AvgIpc) is 2.78. The van der Waals surface area contributed by atoms with Crippen LogP contribution < -0.4 is 0 Å². The number of aliphatic carboxylic acids is 3. The van der Waals surface area contributed by atoms with Gasteiger partial charge in [-0.15, -0.1) is 0 Å². The van der Waals surface area contributed by atoms with Crippen LogP contribution >= 0.6 is 0 Å². The molecule has 17 heteroatoms. The van der Waals surface area contributed by atoms with E-state index in [0.717, 1.165) is 28.9 Å². The van der Waals surface area contributed by atoms with Crippen LogP contribution in [0.3, 0.4) is 0 Å². The smallest absolute Gasteiger partial charge is 0.508 e. The Balaban J connectivity index is 0.00000760. The van der Waals surface area contributed by atoms with Crippen LogP contribution in [0.4, 0.5) is 0 Å². The Morgan fingerprint density at radius 2 is 1.27 bits per heavy atom. The number of ketones is 1. The molecule has 2 aromatic carbocycles. The average molecular weight is 627 g/mol. The van der Waals surface area contributed by atoms with Crippen LogP contribution in [0.5, 0.6) is 11.5 Å². The van der Waals surface area contributed by atoms with Crippen molar-refractivity contribution in [3.63, 3.8) is 0 Å². The van der Waals surface area contributed by atoms with Gasteiger partial charge in [0.2, 0.25) is 0 Å². The van der Waals surface area contributed by atoms with Crippen molar-refractivity contribution in [1.29, 1.82) is 0 Å². The minimum absolute atomic E-state index is 0. The molecule has 40 heavy (non-hydrogen) atoms. The molecular weight excluding hydrogens is 599 g/mol. The fourth-order valence-corrected chi connectivity index (χ4v) is 4.43. The molecule has 1 radical (unpaired) electrons. The number of carbonyl (C=O) groups excluding carboxylic acids is 1. The third-order valence-electron chi connectivity index (χ3n) is 5.46. The van der Waals surface area contributed by atoms with E-state index >= 15 is 0 Å². The first kappa shape index (κ1) is 36.4. The number of aromatic hydroxyl groups is 2. The molecule has 219 valence electrons. The van der Waals surface area contributed by atoms with Gasteiger partial charge in [-0.25, -0.2) is 0 Å². The predicted octanol–water partition coefficient (Wildman–Crippen LogP) is -0.253. The number of carbonyl (C=O) groups is 4. The maximum Gasteiger partial charge on any atom is 2.00 e. The van der Waals surface area contributed by atoms with Gasteiger partial charge in [0.05, 0.1) is 18.0 Å². The maximum atomic E-state index is 12.3. The van der Waals surface area contributed by atoms with Crippen LogP contribution in [-0.4, -0.2) is 104 Å². The van der Waals surface area contributed by atoms with E-state index in [1.807, 2.05) is 0 Å². The number of carboxylic acid groups (broad SMARTS) is 3. The van der Waals surface area contributed by atoms with Crippen molar-refractivity contribution in [2.75, 3.05) is 26.2 Å². The summed E-state index contributed by atoms with van der Waals surface area (Å²) in [5, 5.41) is 49.6. The van der Waals surface area contributed by atoms with Gasteiger partial charge in [0, 0.05) is 24.2 Å². The van der Waals surface area contributed by atoms with Gasteiger partial charge in [0.25, 0.3) is 10.1 Å². The molecule has 0 spiro atoms. The molecule has 0 saturated carbocycles. The summed E-state index contributed by atoms with van der Waals surface area (Å²) in [4.78, 5) is 49.1. The van der Waals surface area contributed by atoms with Crippen LogP contribution in [0.1, 0.15) is 30.1 Å². The Bertz CT molecular complexity index is 1340. The van der Waals surface area contributed by atoms with Crippen LogP contribution in [0.15, 0.2) is 47.4 Å². The fourth-order valence-electron chi connectivity index (χ4n) is 3.92. The van der Waals surface area contributed by atoms with Crippen LogP contribution in [0.25, 0.3) is 0 Å². The molecule has 2 rings (SSSR count). The number of phenolic OH excluding ortho intramolecular Hbond substituents is 2. The van der Waals surface area contributed by atoms with Crippen LogP contribution in [-0.2, 0) is 46.4 Å². The molecule has 0 aliphatic carbocycles. The number of rotatable bonds is 14. The van der Waals surface area contributed by atoms with E-state index in [2.05, 4.69) is 0 Å². The number of phenols is 2. The second kappa shape index (κ2) is 15.3. The molecule has 0 aliphatic heterocycles. The summed E-state index contributed by atoms with van der Waals surface area (Å²) in [6.45, 7) is -1.19. The summed E-state index contributed by atoms with van der Waals surface area (Å²) < 4.78 is 32.5. The van der Waals surface area contributed by atoms with Crippen molar-refractivity contribution in [3.8, 4) is 11.5 Å². The molecule has 8 N–H and O–H groups in total. The standard InChI is InChI=1S/C23H26N2O12S.Mn.H2O/c1-13(26)11-24(21(23(33)34)16-10-14(38(35,36)37)6-7-18(16)28)8-9-25(12-19(29)30)20(22(31)32)15-4-2-3-5-17(15)27;;/h2-7,10,20-21,27-28H,8-9,11-12H2,1H3,(H,29,30)(H,31,32)(H,33,34)(H,35,36,37);;1H2/q;+2;/t20?,21-;;/m0../s1. The number of nitrogens with zero attached hydrogens (tertiary/aromatic N) is 2. The Morgan fingerprint density at radius 3 is 1.73 bits per heavy atom. The Kier molecular flexibility index (Phi) is 13.9. The number of hydrogen-bond donors (Lipinski definition) is 6. The Morgan fingerprint density at radius 1 is 0.800 bits per heavy atom. The maximum absolute atomic E-state index is 12.3. The number of carboxylic acids is 3. The van der Waals surface area contributed by atoms with Gasteiger partial charge in [-0.1, -0.05) is 18.2 Å². The first-order valence-electron chi connectivity index (χ1n) is 10.9. The zero-order valence-corrected chi connectivity index (χ0v) is 22.8. The van der Waals surface area contributed by atoms with Gasteiger partial charge in [-0.2, -0.15) is 8.42 Å². The molecule has 15 nitrogen and oxygen atoms in total. The minimum atomic E-state index is -4.80. The van der Waals surface area contributed by atoms with Gasteiger partial charge in [0.15, 0.2) is 0 Å². The summed E-state index contributed by atoms with van der Waals surface area (Å²) in [7, 11) is -4.80. The number of hydrogen-bond acceptors (Lipinski definition) is 10. The first-order chi connectivity index (χ1) is 17.6. The molecule has 1 unspecified atom stereocenters. The van der Waals surface area contributed by atoms with Crippen molar-refractivity contribution in [2.24, 2.45) is 0 Å². The zero-order valence-electron chi connectivity index (χ0n) is 20.8. The summed E-state index contributed by atoms with van der Waals surface area (Å²) in [5.74, 6) is -6.22. The SMILES string of the molecule is CC(=O)CN(CCN(CC(=O)O)C(C(=O)O)c1ccccc1O)[C@H](C(=O)O)c1cc(S(=O)(=O)O)ccc1O.O.[Mn+2]. The molecule has 0 fully saturated rings. The largest absolute Gasteiger partial charge is 2.00 e. The van der Waals surface area contributed by atoms with Crippen molar-refractivity contribution in [3.05, 3.63) is 53.6 Å². The monoisotopic (exact) mass is 627 g/mol. The molecule has 2 atom stereocenters. The van der Waals surface area contributed by atoms with E-state index in [9.17, 15) is 57.7 Å².